The van der Waals surface area contributed by atoms with Crippen molar-refractivity contribution in [1.82, 2.24) is 0 Å². The van der Waals surface area contributed by atoms with Gasteiger partial charge in [0.25, 0.3) is 0 Å². The van der Waals surface area contributed by atoms with Gasteiger partial charge in [-0.1, -0.05) is 20.8 Å². The van der Waals surface area contributed by atoms with Gasteiger partial charge in [-0.05, 0) is 18.4 Å². The highest BCUT2D eigenvalue weighted by molar-refractivity contribution is 5.70. The maximum absolute atomic E-state index is 6.85. The highest BCUT2D eigenvalue weighted by atomic mass is 14.7. The molecule has 0 radical (unpaired) electrons. The number of rotatable bonds is 4. The van der Waals surface area contributed by atoms with Gasteiger partial charge >= 0.3 is 0 Å². The number of nitrogens with zero attached hydrogens (tertiary/aromatic N) is 1. The standard InChI is InChI=1S/C9H16N2/c1-4-9(5-6-10)11-7-8(2)3/h5-8,10H,4H2,1-3H3/b9-5-,10-6?,11-7?. The van der Waals surface area contributed by atoms with Gasteiger partial charge < -0.3 is 5.41 Å². The molecule has 0 aliphatic heterocycles. The topological polar surface area (TPSA) is 36.2 Å². The van der Waals surface area contributed by atoms with E-state index in [-0.39, 0.29) is 0 Å². The minimum absolute atomic E-state index is 0.482. The fraction of sp³-hybridized carbons (Fsp3) is 0.556. The molecule has 2 heteroatoms. The van der Waals surface area contributed by atoms with Gasteiger partial charge in [-0.25, -0.2) is 0 Å². The van der Waals surface area contributed by atoms with Crippen LogP contribution >= 0.6 is 0 Å². The zero-order valence-electron chi connectivity index (χ0n) is 7.46. The van der Waals surface area contributed by atoms with Crippen molar-refractivity contribution in [1.29, 1.82) is 5.41 Å². The Hall–Kier alpha value is -0.920. The smallest absolute Gasteiger partial charge is 0.0412 e. The Morgan fingerprint density at radius 3 is 2.55 bits per heavy atom. The van der Waals surface area contributed by atoms with E-state index in [1.165, 1.54) is 6.21 Å². The number of allylic oxidation sites excluding steroid dienone is 2. The van der Waals surface area contributed by atoms with Crippen LogP contribution in [-0.4, -0.2) is 12.4 Å². The Balaban J connectivity index is 4.07. The summed E-state index contributed by atoms with van der Waals surface area (Å²) in [5, 5.41) is 6.85. The molecule has 0 heterocycles. The molecule has 0 spiro atoms. The summed E-state index contributed by atoms with van der Waals surface area (Å²) in [6.07, 6.45) is 5.78. The summed E-state index contributed by atoms with van der Waals surface area (Å²) in [4.78, 5) is 4.22. The average molecular weight is 152 g/mol. The van der Waals surface area contributed by atoms with Crippen LogP contribution in [0.5, 0.6) is 0 Å². The lowest BCUT2D eigenvalue weighted by Crippen LogP contribution is -1.88. The van der Waals surface area contributed by atoms with Crippen LogP contribution in [0.25, 0.3) is 0 Å². The summed E-state index contributed by atoms with van der Waals surface area (Å²) in [5.41, 5.74) is 0.966. The largest absolute Gasteiger partial charge is 0.309 e. The van der Waals surface area contributed by atoms with Crippen molar-refractivity contribution >= 4 is 12.4 Å². The Morgan fingerprint density at radius 1 is 1.55 bits per heavy atom. The summed E-state index contributed by atoms with van der Waals surface area (Å²) in [5.74, 6) is 0.482. The van der Waals surface area contributed by atoms with Crippen molar-refractivity contribution in [2.75, 3.05) is 0 Å². The first kappa shape index (κ1) is 10.1. The SMILES string of the molecule is CC/C(=C/C=N)N=CC(C)C. The molecule has 0 atom stereocenters. The third-order valence-electron chi connectivity index (χ3n) is 1.18. The highest BCUT2D eigenvalue weighted by Crippen LogP contribution is 2.01. The molecule has 0 amide bonds. The molecule has 0 aliphatic carbocycles. The number of hydrogen-bond donors (Lipinski definition) is 1. The van der Waals surface area contributed by atoms with E-state index in [1.807, 2.05) is 13.1 Å². The molecule has 0 aromatic rings. The van der Waals surface area contributed by atoms with Gasteiger partial charge in [0.05, 0.1) is 0 Å². The molecule has 0 saturated heterocycles. The Bertz CT molecular complexity index is 166. The average Bonchev–Trinajstić information content (AvgIpc) is 1.97. The van der Waals surface area contributed by atoms with E-state index in [4.69, 9.17) is 5.41 Å². The Morgan fingerprint density at radius 2 is 2.18 bits per heavy atom. The minimum atomic E-state index is 0.482. The molecule has 2 nitrogen and oxygen atoms in total. The van der Waals surface area contributed by atoms with Gasteiger partial charge in [-0.3, -0.25) is 4.99 Å². The lowest BCUT2D eigenvalue weighted by atomic mass is 10.2. The molecule has 0 rings (SSSR count). The monoisotopic (exact) mass is 152 g/mol. The zero-order valence-corrected chi connectivity index (χ0v) is 7.46. The van der Waals surface area contributed by atoms with Crippen LogP contribution in [0.15, 0.2) is 16.8 Å². The summed E-state index contributed by atoms with van der Waals surface area (Å²) < 4.78 is 0. The normalized spacial score (nSPS) is 12.9. The highest BCUT2D eigenvalue weighted by Gasteiger charge is 1.88. The Labute approximate surface area is 68.5 Å². The molecule has 0 bridgehead atoms. The number of hydrogen-bond acceptors (Lipinski definition) is 2. The second-order valence-corrected chi connectivity index (χ2v) is 2.70. The van der Waals surface area contributed by atoms with Crippen molar-refractivity contribution in [2.24, 2.45) is 10.9 Å². The van der Waals surface area contributed by atoms with Gasteiger partial charge in [0.2, 0.25) is 0 Å². The van der Waals surface area contributed by atoms with Crippen molar-refractivity contribution in [3.8, 4) is 0 Å². The minimum Gasteiger partial charge on any atom is -0.309 e. The van der Waals surface area contributed by atoms with Crippen LogP contribution in [0.2, 0.25) is 0 Å². The molecule has 0 aliphatic rings. The van der Waals surface area contributed by atoms with Crippen LogP contribution < -0.4 is 0 Å². The van der Waals surface area contributed by atoms with Crippen LogP contribution in [0.4, 0.5) is 0 Å². The molecule has 0 aromatic heterocycles. The second kappa shape index (κ2) is 5.83. The van der Waals surface area contributed by atoms with Crippen molar-refractivity contribution in [3.63, 3.8) is 0 Å². The van der Waals surface area contributed by atoms with E-state index in [1.54, 1.807) is 6.08 Å². The van der Waals surface area contributed by atoms with Gasteiger partial charge in [0.1, 0.15) is 0 Å². The van der Waals surface area contributed by atoms with Gasteiger partial charge in [-0.2, -0.15) is 0 Å². The molecule has 62 valence electrons. The second-order valence-electron chi connectivity index (χ2n) is 2.70. The van der Waals surface area contributed by atoms with E-state index in [0.717, 1.165) is 12.1 Å². The molecule has 0 saturated carbocycles. The van der Waals surface area contributed by atoms with Crippen molar-refractivity contribution < 1.29 is 0 Å². The lowest BCUT2D eigenvalue weighted by Gasteiger charge is -1.95. The Kier molecular flexibility index (Phi) is 5.35. The molecule has 1 N–H and O–H groups in total. The van der Waals surface area contributed by atoms with E-state index in [0.29, 0.717) is 5.92 Å². The summed E-state index contributed by atoms with van der Waals surface area (Å²) >= 11 is 0. The molecule has 11 heavy (non-hydrogen) atoms. The predicted octanol–water partition coefficient (Wildman–Crippen LogP) is 2.66. The third kappa shape index (κ3) is 5.52. The van der Waals surface area contributed by atoms with E-state index in [2.05, 4.69) is 18.8 Å². The van der Waals surface area contributed by atoms with Gasteiger partial charge in [0.15, 0.2) is 0 Å². The van der Waals surface area contributed by atoms with Crippen LogP contribution in [-0.2, 0) is 0 Å². The fourth-order valence-corrected chi connectivity index (χ4v) is 0.593. The third-order valence-corrected chi connectivity index (χ3v) is 1.18. The van der Waals surface area contributed by atoms with E-state index in [9.17, 15) is 0 Å². The quantitative estimate of drug-likeness (QED) is 0.601. The van der Waals surface area contributed by atoms with Crippen LogP contribution in [0.1, 0.15) is 27.2 Å². The lowest BCUT2D eigenvalue weighted by molar-refractivity contribution is 0.900. The first-order chi connectivity index (χ1) is 5.20. The summed E-state index contributed by atoms with van der Waals surface area (Å²) in [6.45, 7) is 6.20. The fourth-order valence-electron chi connectivity index (χ4n) is 0.593. The molecule has 0 unspecified atom stereocenters. The summed E-state index contributed by atoms with van der Waals surface area (Å²) in [7, 11) is 0. The van der Waals surface area contributed by atoms with Crippen LogP contribution in [0.3, 0.4) is 0 Å². The first-order valence-corrected chi connectivity index (χ1v) is 3.94. The predicted molar refractivity (Wildman–Crippen MR) is 50.5 cm³/mol. The number of aliphatic imine (C=N–C) groups is 1. The van der Waals surface area contributed by atoms with Gasteiger partial charge in [-0.15, -0.1) is 0 Å². The maximum atomic E-state index is 6.85. The first-order valence-electron chi connectivity index (χ1n) is 3.94. The molecular formula is C9H16N2. The van der Waals surface area contributed by atoms with E-state index >= 15 is 0 Å². The molecule has 0 aromatic carbocycles. The van der Waals surface area contributed by atoms with Gasteiger partial charge in [0, 0.05) is 18.1 Å². The number of nitrogens with one attached hydrogen (secondary N) is 1. The van der Waals surface area contributed by atoms with Crippen LogP contribution in [0, 0.1) is 11.3 Å². The molecular weight excluding hydrogens is 136 g/mol. The maximum Gasteiger partial charge on any atom is 0.0412 e. The van der Waals surface area contributed by atoms with E-state index < -0.39 is 0 Å². The van der Waals surface area contributed by atoms with Crippen molar-refractivity contribution in [2.45, 2.75) is 27.2 Å². The zero-order chi connectivity index (χ0) is 8.69. The molecule has 0 fully saturated rings. The van der Waals surface area contributed by atoms with Crippen molar-refractivity contribution in [3.05, 3.63) is 11.8 Å². The summed E-state index contributed by atoms with van der Waals surface area (Å²) in [6, 6.07) is 0.